The maximum absolute atomic E-state index is 4.19. The number of aryl methyl sites for hydroxylation is 1. The molecule has 0 saturated carbocycles. The average molecular weight is 193 g/mol. The summed E-state index contributed by atoms with van der Waals surface area (Å²) in [5, 5.41) is 7.52. The number of nitrogens with one attached hydrogen (secondary N) is 1. The molecule has 0 amide bonds. The van der Waals surface area contributed by atoms with Gasteiger partial charge in [0.15, 0.2) is 0 Å². The van der Waals surface area contributed by atoms with E-state index in [9.17, 15) is 0 Å². The van der Waals surface area contributed by atoms with Gasteiger partial charge in [-0.1, -0.05) is 19.9 Å². The van der Waals surface area contributed by atoms with Crippen LogP contribution >= 0.6 is 0 Å². The minimum Gasteiger partial charge on any atom is -0.311 e. The second-order valence-electron chi connectivity index (χ2n) is 3.54. The van der Waals surface area contributed by atoms with Gasteiger partial charge in [-0.25, -0.2) is 0 Å². The van der Waals surface area contributed by atoms with E-state index in [-0.39, 0.29) is 0 Å². The van der Waals surface area contributed by atoms with Crippen LogP contribution in [0.15, 0.2) is 18.3 Å². The topological polar surface area (TPSA) is 29.9 Å². The second-order valence-corrected chi connectivity index (χ2v) is 3.54. The van der Waals surface area contributed by atoms with E-state index in [0.29, 0.717) is 6.04 Å². The fraction of sp³-hybridized carbons (Fsp3) is 0.545. The van der Waals surface area contributed by atoms with Gasteiger partial charge < -0.3 is 5.32 Å². The third kappa shape index (κ3) is 3.34. The van der Waals surface area contributed by atoms with E-state index in [0.717, 1.165) is 18.8 Å². The highest BCUT2D eigenvalue weighted by molar-refractivity contribution is 5.44. The molecule has 0 aliphatic heterocycles. The molecule has 3 nitrogen and oxygen atoms in total. The standard InChI is InChI=1S/C11H19N3/c1-4-14-11(7-9-13-14)6-5-8-12-10(2)3/h5-7,9-10,12H,4,8H2,1-3H3/b6-5+. The zero-order valence-corrected chi connectivity index (χ0v) is 9.20. The fourth-order valence-electron chi connectivity index (χ4n) is 1.23. The van der Waals surface area contributed by atoms with Crippen LogP contribution in [0, 0.1) is 0 Å². The van der Waals surface area contributed by atoms with Crippen molar-refractivity contribution in [3.8, 4) is 0 Å². The highest BCUT2D eigenvalue weighted by atomic mass is 15.3. The summed E-state index contributed by atoms with van der Waals surface area (Å²) < 4.78 is 1.98. The zero-order chi connectivity index (χ0) is 10.4. The summed E-state index contributed by atoms with van der Waals surface area (Å²) >= 11 is 0. The summed E-state index contributed by atoms with van der Waals surface area (Å²) in [5.41, 5.74) is 1.16. The third-order valence-electron chi connectivity index (χ3n) is 1.98. The average Bonchev–Trinajstić information content (AvgIpc) is 2.59. The first kappa shape index (κ1) is 11.0. The maximum atomic E-state index is 4.19. The van der Waals surface area contributed by atoms with E-state index in [1.54, 1.807) is 0 Å². The summed E-state index contributed by atoms with van der Waals surface area (Å²) in [6, 6.07) is 2.56. The normalized spacial score (nSPS) is 11.7. The Labute approximate surface area is 85.8 Å². The summed E-state index contributed by atoms with van der Waals surface area (Å²) in [6.45, 7) is 8.21. The van der Waals surface area contributed by atoms with E-state index < -0.39 is 0 Å². The van der Waals surface area contributed by atoms with Crippen LogP contribution in [-0.2, 0) is 6.54 Å². The van der Waals surface area contributed by atoms with Crippen molar-refractivity contribution in [3.05, 3.63) is 24.0 Å². The maximum Gasteiger partial charge on any atom is 0.0607 e. The smallest absolute Gasteiger partial charge is 0.0607 e. The van der Waals surface area contributed by atoms with Crippen molar-refractivity contribution >= 4 is 6.08 Å². The van der Waals surface area contributed by atoms with Crippen LogP contribution < -0.4 is 5.32 Å². The highest BCUT2D eigenvalue weighted by Crippen LogP contribution is 2.00. The summed E-state index contributed by atoms with van der Waals surface area (Å²) in [5.74, 6) is 0. The molecule has 0 spiro atoms. The Balaban J connectivity index is 2.43. The highest BCUT2D eigenvalue weighted by Gasteiger charge is 1.94. The van der Waals surface area contributed by atoms with Gasteiger partial charge in [-0.15, -0.1) is 0 Å². The lowest BCUT2D eigenvalue weighted by atomic mass is 10.3. The minimum atomic E-state index is 0.538. The number of nitrogens with zero attached hydrogens (tertiary/aromatic N) is 2. The predicted octanol–water partition coefficient (Wildman–Crippen LogP) is 1.91. The van der Waals surface area contributed by atoms with Crippen LogP contribution in [0.5, 0.6) is 0 Å². The molecule has 78 valence electrons. The van der Waals surface area contributed by atoms with Crippen LogP contribution in [0.3, 0.4) is 0 Å². The van der Waals surface area contributed by atoms with Gasteiger partial charge in [0.25, 0.3) is 0 Å². The van der Waals surface area contributed by atoms with E-state index in [1.165, 1.54) is 0 Å². The van der Waals surface area contributed by atoms with Crippen LogP contribution in [-0.4, -0.2) is 22.4 Å². The van der Waals surface area contributed by atoms with Crippen LogP contribution in [0.2, 0.25) is 0 Å². The Bertz CT molecular complexity index is 286. The first-order valence-electron chi connectivity index (χ1n) is 5.15. The quantitative estimate of drug-likeness (QED) is 0.774. The van der Waals surface area contributed by atoms with Gasteiger partial charge in [0.2, 0.25) is 0 Å². The SMILES string of the molecule is CCn1nccc1/C=C/CNC(C)C. The molecule has 14 heavy (non-hydrogen) atoms. The molecule has 0 radical (unpaired) electrons. The van der Waals surface area contributed by atoms with Crippen molar-refractivity contribution < 1.29 is 0 Å². The Morgan fingerprint density at radius 3 is 3.00 bits per heavy atom. The van der Waals surface area contributed by atoms with Crippen molar-refractivity contribution in [3.63, 3.8) is 0 Å². The molecule has 1 rings (SSSR count). The van der Waals surface area contributed by atoms with Crippen molar-refractivity contribution in [2.45, 2.75) is 33.4 Å². The molecule has 1 aromatic rings. The molecule has 0 saturated heterocycles. The number of hydrogen-bond donors (Lipinski definition) is 1. The molecule has 0 atom stereocenters. The van der Waals surface area contributed by atoms with Gasteiger partial charge in [0.1, 0.15) is 0 Å². The van der Waals surface area contributed by atoms with E-state index in [1.807, 2.05) is 16.9 Å². The molecule has 1 heterocycles. The Kier molecular flexibility index (Phi) is 4.40. The predicted molar refractivity (Wildman–Crippen MR) is 60.1 cm³/mol. The van der Waals surface area contributed by atoms with Gasteiger partial charge in [0, 0.05) is 25.3 Å². The molecule has 0 aliphatic carbocycles. The molecule has 0 unspecified atom stereocenters. The Morgan fingerprint density at radius 2 is 2.36 bits per heavy atom. The van der Waals surface area contributed by atoms with Crippen molar-refractivity contribution in [1.82, 2.24) is 15.1 Å². The lowest BCUT2D eigenvalue weighted by Gasteiger charge is -2.03. The zero-order valence-electron chi connectivity index (χ0n) is 9.20. The van der Waals surface area contributed by atoms with Crippen molar-refractivity contribution in [2.75, 3.05) is 6.54 Å². The molecular formula is C11H19N3. The number of rotatable bonds is 5. The number of aromatic nitrogens is 2. The van der Waals surface area contributed by atoms with Gasteiger partial charge in [0.05, 0.1) is 5.69 Å². The Morgan fingerprint density at radius 1 is 1.57 bits per heavy atom. The second kappa shape index (κ2) is 5.60. The van der Waals surface area contributed by atoms with E-state index in [4.69, 9.17) is 0 Å². The van der Waals surface area contributed by atoms with Gasteiger partial charge in [-0.3, -0.25) is 4.68 Å². The van der Waals surface area contributed by atoms with Crippen LogP contribution in [0.25, 0.3) is 6.08 Å². The molecule has 1 aromatic heterocycles. The molecule has 0 bridgehead atoms. The van der Waals surface area contributed by atoms with Crippen LogP contribution in [0.1, 0.15) is 26.5 Å². The lowest BCUT2D eigenvalue weighted by molar-refractivity contribution is 0.632. The fourth-order valence-corrected chi connectivity index (χ4v) is 1.23. The largest absolute Gasteiger partial charge is 0.311 e. The molecule has 1 N–H and O–H groups in total. The van der Waals surface area contributed by atoms with Gasteiger partial charge >= 0.3 is 0 Å². The first-order chi connectivity index (χ1) is 6.74. The van der Waals surface area contributed by atoms with Crippen LogP contribution in [0.4, 0.5) is 0 Å². The summed E-state index contributed by atoms with van der Waals surface area (Å²) in [7, 11) is 0. The lowest BCUT2D eigenvalue weighted by Crippen LogP contribution is -2.22. The van der Waals surface area contributed by atoms with Gasteiger partial charge in [-0.05, 0) is 19.1 Å². The van der Waals surface area contributed by atoms with Crippen molar-refractivity contribution in [1.29, 1.82) is 0 Å². The Hall–Kier alpha value is -1.09. The first-order valence-corrected chi connectivity index (χ1v) is 5.15. The van der Waals surface area contributed by atoms with Gasteiger partial charge in [-0.2, -0.15) is 5.10 Å². The molecule has 3 heteroatoms. The molecular weight excluding hydrogens is 174 g/mol. The van der Waals surface area contributed by atoms with E-state index >= 15 is 0 Å². The molecule has 0 aliphatic rings. The van der Waals surface area contributed by atoms with Crippen molar-refractivity contribution in [2.24, 2.45) is 0 Å². The molecule has 0 aromatic carbocycles. The minimum absolute atomic E-state index is 0.538. The summed E-state index contributed by atoms with van der Waals surface area (Å²) in [6.07, 6.45) is 6.06. The molecule has 0 fully saturated rings. The number of hydrogen-bond acceptors (Lipinski definition) is 2. The van der Waals surface area contributed by atoms with E-state index in [2.05, 4.69) is 43.3 Å². The monoisotopic (exact) mass is 193 g/mol. The summed E-state index contributed by atoms with van der Waals surface area (Å²) in [4.78, 5) is 0. The third-order valence-corrected chi connectivity index (χ3v) is 1.98.